The van der Waals surface area contributed by atoms with Crippen molar-refractivity contribution in [1.82, 2.24) is 0 Å². The number of rotatable bonds is 4. The van der Waals surface area contributed by atoms with E-state index in [1.54, 1.807) is 0 Å². The van der Waals surface area contributed by atoms with E-state index < -0.39 is 0 Å². The maximum Gasteiger partial charge on any atom is 0.156 e. The number of hydrogen-bond donors (Lipinski definition) is 1. The van der Waals surface area contributed by atoms with Crippen molar-refractivity contribution in [3.63, 3.8) is 0 Å². The van der Waals surface area contributed by atoms with Gasteiger partial charge in [-0.25, -0.2) is 0 Å². The van der Waals surface area contributed by atoms with Crippen LogP contribution in [0.5, 0.6) is 5.75 Å². The fourth-order valence-corrected chi connectivity index (χ4v) is 4.73. The summed E-state index contributed by atoms with van der Waals surface area (Å²) in [7, 11) is 0. The van der Waals surface area contributed by atoms with E-state index in [-0.39, 0.29) is 0 Å². The van der Waals surface area contributed by atoms with Gasteiger partial charge in [0.05, 0.1) is 16.8 Å². The Morgan fingerprint density at radius 2 is 2.25 bits per heavy atom. The fraction of sp³-hybridized carbons (Fsp3) is 0.600. The Bertz CT molecular complexity index is 481. The molecule has 112 valence electrons. The van der Waals surface area contributed by atoms with Crippen LogP contribution >= 0.6 is 39.3 Å². The topological polar surface area (TPSA) is 21.3 Å². The molecule has 1 aromatic rings. The van der Waals surface area contributed by atoms with Gasteiger partial charge in [0, 0.05) is 16.8 Å². The van der Waals surface area contributed by atoms with E-state index in [4.69, 9.17) is 16.3 Å². The quantitative estimate of drug-likeness (QED) is 0.753. The van der Waals surface area contributed by atoms with Crippen LogP contribution in [0.2, 0.25) is 5.02 Å². The number of thioether (sulfide) groups is 1. The zero-order chi connectivity index (χ0) is 14.8. The van der Waals surface area contributed by atoms with Crippen molar-refractivity contribution in [2.24, 2.45) is 5.41 Å². The van der Waals surface area contributed by atoms with Crippen molar-refractivity contribution in [3.8, 4) is 5.75 Å². The Hall–Kier alpha value is -0.0600. The minimum atomic E-state index is 0.377. The van der Waals surface area contributed by atoms with Crippen LogP contribution in [-0.2, 0) is 0 Å². The molecule has 1 aromatic carbocycles. The third-order valence-electron chi connectivity index (χ3n) is 3.27. The predicted octanol–water partition coefficient (Wildman–Crippen LogP) is 5.44. The smallest absolute Gasteiger partial charge is 0.156 e. The molecule has 20 heavy (non-hydrogen) atoms. The van der Waals surface area contributed by atoms with E-state index in [0.717, 1.165) is 28.1 Å². The first-order valence-electron chi connectivity index (χ1n) is 6.87. The standard InChI is InChI=1S/C15H21BrClNOS/c1-4-19-14-12(16)5-10(17)6-13(14)18-11-7-15(2,3)9-20-8-11/h5-6,11,18H,4,7-9H2,1-3H3. The highest BCUT2D eigenvalue weighted by atomic mass is 79.9. The lowest BCUT2D eigenvalue weighted by Crippen LogP contribution is -2.35. The zero-order valence-corrected chi connectivity index (χ0v) is 15.3. The molecule has 0 saturated carbocycles. The molecule has 0 bridgehead atoms. The van der Waals surface area contributed by atoms with Gasteiger partial charge in [-0.15, -0.1) is 0 Å². The summed E-state index contributed by atoms with van der Waals surface area (Å²) in [5.74, 6) is 3.20. The molecular formula is C15H21BrClNOS. The average Bonchev–Trinajstić information content (AvgIpc) is 2.32. The fourth-order valence-electron chi connectivity index (χ4n) is 2.53. The largest absolute Gasteiger partial charge is 0.491 e. The second kappa shape index (κ2) is 6.80. The Balaban J connectivity index is 2.19. The molecule has 5 heteroatoms. The van der Waals surface area contributed by atoms with E-state index in [0.29, 0.717) is 23.1 Å². The minimum Gasteiger partial charge on any atom is -0.491 e. The second-order valence-electron chi connectivity index (χ2n) is 5.92. The van der Waals surface area contributed by atoms with Crippen molar-refractivity contribution < 1.29 is 4.74 Å². The minimum absolute atomic E-state index is 0.377. The molecule has 2 nitrogen and oxygen atoms in total. The first-order valence-corrected chi connectivity index (χ1v) is 9.20. The van der Waals surface area contributed by atoms with Gasteiger partial charge in [-0.05, 0) is 52.6 Å². The van der Waals surface area contributed by atoms with Crippen molar-refractivity contribution >= 4 is 45.0 Å². The summed E-state index contributed by atoms with van der Waals surface area (Å²) < 4.78 is 6.64. The summed E-state index contributed by atoms with van der Waals surface area (Å²) in [5.41, 5.74) is 1.36. The van der Waals surface area contributed by atoms with Crippen LogP contribution < -0.4 is 10.1 Å². The van der Waals surface area contributed by atoms with Crippen LogP contribution in [0.4, 0.5) is 5.69 Å². The highest BCUT2D eigenvalue weighted by molar-refractivity contribution is 9.10. The van der Waals surface area contributed by atoms with Crippen molar-refractivity contribution in [2.45, 2.75) is 33.2 Å². The van der Waals surface area contributed by atoms with Gasteiger partial charge in [0.25, 0.3) is 0 Å². The number of anilines is 1. The lowest BCUT2D eigenvalue weighted by molar-refractivity contribution is 0.336. The molecule has 0 aromatic heterocycles. The molecular weight excluding hydrogens is 358 g/mol. The number of ether oxygens (including phenoxy) is 1. The molecule has 0 spiro atoms. The van der Waals surface area contributed by atoms with Crippen LogP contribution in [0, 0.1) is 5.41 Å². The van der Waals surface area contributed by atoms with Crippen LogP contribution in [0.15, 0.2) is 16.6 Å². The van der Waals surface area contributed by atoms with Crippen LogP contribution in [-0.4, -0.2) is 24.2 Å². The molecule has 1 heterocycles. The van der Waals surface area contributed by atoms with Crippen LogP contribution in [0.3, 0.4) is 0 Å². The SMILES string of the molecule is CCOc1c(Br)cc(Cl)cc1NC1CSCC(C)(C)C1. The summed E-state index contributed by atoms with van der Waals surface area (Å²) in [6.45, 7) is 7.28. The Morgan fingerprint density at radius 3 is 2.90 bits per heavy atom. The molecule has 1 aliphatic heterocycles. The van der Waals surface area contributed by atoms with Gasteiger partial charge in [0.2, 0.25) is 0 Å². The lowest BCUT2D eigenvalue weighted by atomic mass is 9.88. The van der Waals surface area contributed by atoms with Crippen LogP contribution in [0.25, 0.3) is 0 Å². The van der Waals surface area contributed by atoms with Gasteiger partial charge < -0.3 is 10.1 Å². The summed E-state index contributed by atoms with van der Waals surface area (Å²) >= 11 is 11.7. The molecule has 1 N–H and O–H groups in total. The van der Waals surface area contributed by atoms with E-state index >= 15 is 0 Å². The molecule has 2 rings (SSSR count). The number of nitrogens with one attached hydrogen (secondary N) is 1. The highest BCUT2D eigenvalue weighted by Crippen LogP contribution is 2.40. The number of halogens is 2. The lowest BCUT2D eigenvalue weighted by Gasteiger charge is -2.36. The average molecular weight is 379 g/mol. The Labute approximate surface area is 139 Å². The van der Waals surface area contributed by atoms with Gasteiger partial charge in [-0.2, -0.15) is 11.8 Å². The summed E-state index contributed by atoms with van der Waals surface area (Å²) in [6.07, 6.45) is 1.16. The number of benzene rings is 1. The van der Waals surface area contributed by atoms with E-state index in [1.807, 2.05) is 30.8 Å². The zero-order valence-electron chi connectivity index (χ0n) is 12.1. The van der Waals surface area contributed by atoms with E-state index in [2.05, 4.69) is 35.1 Å². The molecule has 1 atom stereocenters. The third-order valence-corrected chi connectivity index (χ3v) is 5.70. The monoisotopic (exact) mass is 377 g/mol. The van der Waals surface area contributed by atoms with Crippen molar-refractivity contribution in [3.05, 3.63) is 21.6 Å². The van der Waals surface area contributed by atoms with Crippen LogP contribution in [0.1, 0.15) is 27.2 Å². The molecule has 1 fully saturated rings. The Kier molecular flexibility index (Phi) is 5.55. The normalized spacial score (nSPS) is 21.6. The summed E-state index contributed by atoms with van der Waals surface area (Å²) in [6, 6.07) is 4.27. The molecule has 0 radical (unpaired) electrons. The van der Waals surface area contributed by atoms with Crippen molar-refractivity contribution in [1.29, 1.82) is 0 Å². The maximum atomic E-state index is 6.17. The maximum absolute atomic E-state index is 6.17. The second-order valence-corrected chi connectivity index (χ2v) is 8.24. The number of hydrogen-bond acceptors (Lipinski definition) is 3. The van der Waals surface area contributed by atoms with E-state index in [1.165, 1.54) is 5.75 Å². The molecule has 1 saturated heterocycles. The van der Waals surface area contributed by atoms with Gasteiger partial charge in [-0.1, -0.05) is 25.4 Å². The van der Waals surface area contributed by atoms with Gasteiger partial charge >= 0.3 is 0 Å². The Morgan fingerprint density at radius 1 is 1.50 bits per heavy atom. The first kappa shape index (κ1) is 16.3. The summed E-state index contributed by atoms with van der Waals surface area (Å²) in [4.78, 5) is 0. The molecule has 1 aliphatic rings. The highest BCUT2D eigenvalue weighted by Gasteiger charge is 2.29. The first-order chi connectivity index (χ1) is 9.41. The van der Waals surface area contributed by atoms with Gasteiger partial charge in [0.15, 0.2) is 5.75 Å². The van der Waals surface area contributed by atoms with Gasteiger partial charge in [-0.3, -0.25) is 0 Å². The van der Waals surface area contributed by atoms with Gasteiger partial charge in [0.1, 0.15) is 0 Å². The third kappa shape index (κ3) is 4.22. The molecule has 1 unspecified atom stereocenters. The molecule has 0 aliphatic carbocycles. The predicted molar refractivity (Wildman–Crippen MR) is 93.5 cm³/mol. The summed E-state index contributed by atoms with van der Waals surface area (Å²) in [5, 5.41) is 4.32. The van der Waals surface area contributed by atoms with E-state index in [9.17, 15) is 0 Å². The molecule has 0 amide bonds. The van der Waals surface area contributed by atoms with Crippen molar-refractivity contribution in [2.75, 3.05) is 23.4 Å².